The molecule has 5 N–H and O–H groups in total. The van der Waals surface area contributed by atoms with Crippen LogP contribution < -0.4 is 5.73 Å². The molecule has 0 radical (unpaired) electrons. The Balaban J connectivity index is 1.90. The van der Waals surface area contributed by atoms with Crippen molar-refractivity contribution in [1.82, 2.24) is 5.01 Å². The second-order valence-corrected chi connectivity index (χ2v) is 5.30. The fraction of sp³-hybridized carbons (Fsp3) is 0.118. The van der Waals surface area contributed by atoms with E-state index in [-0.39, 0.29) is 29.6 Å². The molecule has 0 aliphatic carbocycles. The number of hydrogen-bond acceptors (Lipinski definition) is 6. The van der Waals surface area contributed by atoms with Crippen LogP contribution in [0.15, 0.2) is 58.6 Å². The van der Waals surface area contributed by atoms with Crippen LogP contribution in [0, 0.1) is 5.41 Å². The summed E-state index contributed by atoms with van der Waals surface area (Å²) >= 11 is 0. The molecule has 0 aromatic heterocycles. The van der Waals surface area contributed by atoms with Gasteiger partial charge >= 0.3 is 0 Å². The van der Waals surface area contributed by atoms with Gasteiger partial charge in [-0.25, -0.2) is 10.0 Å². The van der Waals surface area contributed by atoms with Crippen molar-refractivity contribution >= 4 is 28.6 Å². The maximum atomic E-state index is 9.52. The molecular formula is C17H17N5O2. The van der Waals surface area contributed by atoms with E-state index < -0.39 is 0 Å². The fourth-order valence-electron chi connectivity index (χ4n) is 2.36. The summed E-state index contributed by atoms with van der Waals surface area (Å²) in [5, 5.41) is 33.0. The summed E-state index contributed by atoms with van der Waals surface area (Å²) in [6.07, 6.45) is 0. The van der Waals surface area contributed by atoms with Gasteiger partial charge in [0.1, 0.15) is 17.2 Å². The zero-order chi connectivity index (χ0) is 17.1. The van der Waals surface area contributed by atoms with Crippen molar-refractivity contribution in [2.24, 2.45) is 10.1 Å². The number of rotatable bonds is 4. The number of aliphatic hydroxyl groups excluding tert-OH is 1. The number of aliphatic imine (C=N–C) groups is 1. The lowest BCUT2D eigenvalue weighted by Gasteiger charge is -2.13. The maximum absolute atomic E-state index is 9.52. The standard InChI is InChI=1S/C17H17N5O2/c18-13-8-12(24)6-7-14(13)20-16-15(10-23)21-22(17(16)19)9-11-4-2-1-3-5-11/h1-8,19,23-24H,9-10,18H2. The van der Waals surface area contributed by atoms with E-state index in [4.69, 9.17) is 11.1 Å². The highest BCUT2D eigenvalue weighted by molar-refractivity contribution is 6.70. The lowest BCUT2D eigenvalue weighted by molar-refractivity contribution is 0.355. The van der Waals surface area contributed by atoms with E-state index in [1.165, 1.54) is 17.1 Å². The summed E-state index contributed by atoms with van der Waals surface area (Å²) in [6, 6.07) is 14.0. The molecule has 1 heterocycles. The van der Waals surface area contributed by atoms with Crippen molar-refractivity contribution in [3.63, 3.8) is 0 Å². The number of anilines is 1. The van der Waals surface area contributed by atoms with Crippen molar-refractivity contribution in [3.05, 3.63) is 54.1 Å². The van der Waals surface area contributed by atoms with Gasteiger partial charge in [0.25, 0.3) is 0 Å². The van der Waals surface area contributed by atoms with Crippen molar-refractivity contribution in [1.29, 1.82) is 5.41 Å². The lowest BCUT2D eigenvalue weighted by Crippen LogP contribution is -2.27. The van der Waals surface area contributed by atoms with E-state index in [0.29, 0.717) is 17.9 Å². The molecule has 1 aliphatic rings. The van der Waals surface area contributed by atoms with Gasteiger partial charge in [0.05, 0.1) is 24.5 Å². The van der Waals surface area contributed by atoms with Crippen molar-refractivity contribution in [3.8, 4) is 5.75 Å². The molecule has 0 saturated carbocycles. The second-order valence-electron chi connectivity index (χ2n) is 5.30. The predicted octanol–water partition coefficient (Wildman–Crippen LogP) is 1.89. The third kappa shape index (κ3) is 3.11. The number of phenols is 1. The Labute approximate surface area is 138 Å². The van der Waals surface area contributed by atoms with Gasteiger partial charge in [0, 0.05) is 6.07 Å². The van der Waals surface area contributed by atoms with Crippen molar-refractivity contribution in [2.45, 2.75) is 6.54 Å². The monoisotopic (exact) mass is 323 g/mol. The average molecular weight is 323 g/mol. The van der Waals surface area contributed by atoms with Crippen molar-refractivity contribution in [2.75, 3.05) is 12.3 Å². The molecule has 0 atom stereocenters. The van der Waals surface area contributed by atoms with Crippen LogP contribution in [0.5, 0.6) is 5.75 Å². The zero-order valence-electron chi connectivity index (χ0n) is 12.8. The van der Waals surface area contributed by atoms with Crippen LogP contribution in [0.25, 0.3) is 0 Å². The minimum Gasteiger partial charge on any atom is -0.508 e. The average Bonchev–Trinajstić information content (AvgIpc) is 2.87. The normalized spacial score (nSPS) is 15.9. The first-order valence-corrected chi connectivity index (χ1v) is 7.34. The predicted molar refractivity (Wildman–Crippen MR) is 93.8 cm³/mol. The maximum Gasteiger partial charge on any atom is 0.170 e. The van der Waals surface area contributed by atoms with Gasteiger partial charge in [-0.15, -0.1) is 0 Å². The van der Waals surface area contributed by atoms with Gasteiger partial charge in [-0.3, -0.25) is 5.41 Å². The molecule has 0 saturated heterocycles. The summed E-state index contributed by atoms with van der Waals surface area (Å²) in [5.41, 5.74) is 8.11. The molecule has 0 spiro atoms. The Morgan fingerprint density at radius 3 is 2.58 bits per heavy atom. The van der Waals surface area contributed by atoms with E-state index in [1.807, 2.05) is 30.3 Å². The van der Waals surface area contributed by atoms with E-state index in [1.54, 1.807) is 6.07 Å². The van der Waals surface area contributed by atoms with E-state index in [2.05, 4.69) is 10.1 Å². The van der Waals surface area contributed by atoms with Crippen LogP contribution in [-0.2, 0) is 6.54 Å². The number of phenolic OH excluding ortho intramolecular Hbond substituents is 1. The van der Waals surface area contributed by atoms with Gasteiger partial charge in [-0.05, 0) is 17.7 Å². The molecule has 1 aliphatic heterocycles. The van der Waals surface area contributed by atoms with Crippen LogP contribution in [0.4, 0.5) is 11.4 Å². The van der Waals surface area contributed by atoms with Crippen LogP contribution in [0.2, 0.25) is 0 Å². The number of aromatic hydroxyl groups is 1. The van der Waals surface area contributed by atoms with Crippen LogP contribution in [0.1, 0.15) is 5.56 Å². The zero-order valence-corrected chi connectivity index (χ0v) is 12.8. The SMILES string of the molecule is N=C1C(=Nc2ccc(O)cc2N)C(CO)=NN1Cc1ccccc1. The first-order valence-electron chi connectivity index (χ1n) is 7.34. The Hall–Kier alpha value is -3.19. The number of hydrazone groups is 1. The highest BCUT2D eigenvalue weighted by Crippen LogP contribution is 2.27. The van der Waals surface area contributed by atoms with Crippen LogP contribution >= 0.6 is 0 Å². The topological polar surface area (TPSA) is 118 Å². The molecule has 7 nitrogen and oxygen atoms in total. The molecule has 0 fully saturated rings. The highest BCUT2D eigenvalue weighted by Gasteiger charge is 2.28. The summed E-state index contributed by atoms with van der Waals surface area (Å²) in [4.78, 5) is 4.35. The number of aliphatic hydroxyl groups is 1. The van der Waals surface area contributed by atoms with Gasteiger partial charge in [-0.1, -0.05) is 30.3 Å². The number of amidine groups is 1. The highest BCUT2D eigenvalue weighted by atomic mass is 16.3. The Kier molecular flexibility index (Phi) is 4.26. The first kappa shape index (κ1) is 15.7. The summed E-state index contributed by atoms with van der Waals surface area (Å²) in [6.45, 7) is 0.0811. The number of nitrogens with one attached hydrogen (secondary N) is 1. The molecule has 3 rings (SSSR count). The third-order valence-electron chi connectivity index (χ3n) is 3.57. The van der Waals surface area contributed by atoms with Gasteiger partial charge in [-0.2, -0.15) is 5.10 Å². The molecule has 122 valence electrons. The number of nitrogen functional groups attached to an aromatic ring is 1. The molecule has 0 bridgehead atoms. The first-order chi connectivity index (χ1) is 11.6. The van der Waals surface area contributed by atoms with E-state index in [0.717, 1.165) is 5.56 Å². The van der Waals surface area contributed by atoms with Gasteiger partial charge < -0.3 is 15.9 Å². The third-order valence-corrected chi connectivity index (χ3v) is 3.57. The minimum absolute atomic E-state index is 0.0414. The summed E-state index contributed by atoms with van der Waals surface area (Å²) in [5.74, 6) is 0.134. The fourth-order valence-corrected chi connectivity index (χ4v) is 2.36. The van der Waals surface area contributed by atoms with Crippen LogP contribution in [-0.4, -0.2) is 39.1 Å². The van der Waals surface area contributed by atoms with Gasteiger partial charge in [0.2, 0.25) is 0 Å². The largest absolute Gasteiger partial charge is 0.508 e. The molecule has 0 unspecified atom stereocenters. The quantitative estimate of drug-likeness (QED) is 0.642. The smallest absolute Gasteiger partial charge is 0.170 e. The minimum atomic E-state index is -0.329. The second kappa shape index (κ2) is 6.51. The number of nitrogens with two attached hydrogens (primary N) is 1. The molecule has 7 heteroatoms. The Morgan fingerprint density at radius 2 is 1.92 bits per heavy atom. The summed E-state index contributed by atoms with van der Waals surface area (Å²) < 4.78 is 0. The van der Waals surface area contributed by atoms with E-state index in [9.17, 15) is 10.2 Å². The lowest BCUT2D eigenvalue weighted by atomic mass is 10.2. The molecule has 0 amide bonds. The Bertz CT molecular complexity index is 830. The molecule has 2 aromatic rings. The van der Waals surface area contributed by atoms with Crippen molar-refractivity contribution < 1.29 is 10.2 Å². The Morgan fingerprint density at radius 1 is 1.17 bits per heavy atom. The van der Waals surface area contributed by atoms with E-state index >= 15 is 0 Å². The van der Waals surface area contributed by atoms with Gasteiger partial charge in [0.15, 0.2) is 5.84 Å². The molecule has 2 aromatic carbocycles. The summed E-state index contributed by atoms with van der Waals surface area (Å²) in [7, 11) is 0. The van der Waals surface area contributed by atoms with Crippen LogP contribution in [0.3, 0.4) is 0 Å². The molecule has 24 heavy (non-hydrogen) atoms. The molecular weight excluding hydrogens is 306 g/mol. The number of hydrogen-bond donors (Lipinski definition) is 4. The number of nitrogens with zero attached hydrogens (tertiary/aromatic N) is 3. The number of benzene rings is 2.